The molecule has 0 fully saturated rings. The molecule has 0 bridgehead atoms. The molecular weight excluding hydrogens is 165 g/mol. The van der Waals surface area contributed by atoms with Gasteiger partial charge in [-0.2, -0.15) is 0 Å². The Labute approximate surface area is 90.5 Å². The molecule has 0 atom stereocenters. The second kappa shape index (κ2) is 9.20. The van der Waals surface area contributed by atoms with E-state index in [1.165, 1.54) is 0 Å². The van der Waals surface area contributed by atoms with Gasteiger partial charge in [-0.25, -0.2) is 0 Å². The van der Waals surface area contributed by atoms with Gasteiger partial charge in [-0.1, -0.05) is 12.6 Å². The maximum Gasteiger partial charge on any atom is 1.00 e. The minimum atomic E-state index is 0. The summed E-state index contributed by atoms with van der Waals surface area (Å²) in [7, 11) is 0. The molecule has 0 amide bonds. The maximum absolute atomic E-state index is 4.85. The van der Waals surface area contributed by atoms with Crippen LogP contribution in [0.15, 0.2) is 0 Å². The van der Waals surface area contributed by atoms with E-state index in [9.17, 15) is 0 Å². The molecule has 9 heavy (non-hydrogen) atoms. The molecule has 0 aromatic rings. The average Bonchev–Trinajstić information content (AvgIpc) is 1.27. The fourth-order valence-corrected chi connectivity index (χ4v) is 0.605. The summed E-state index contributed by atoms with van der Waals surface area (Å²) in [5.41, 5.74) is 0. The van der Waals surface area contributed by atoms with Crippen molar-refractivity contribution in [1.82, 2.24) is 6.15 Å². The average molecular weight is 177 g/mol. The van der Waals surface area contributed by atoms with Crippen LogP contribution in [0.2, 0.25) is 0 Å². The Balaban J connectivity index is -0.0000000600. The fraction of sp³-hybridized carbons (Fsp3) is 0.750. The molecule has 0 spiro atoms. The molecule has 52 valence electrons. The normalized spacial score (nSPS) is 7.11. The van der Waals surface area contributed by atoms with Gasteiger partial charge >= 0.3 is 29.6 Å². The van der Waals surface area contributed by atoms with Crippen LogP contribution in [-0.2, 0) is 4.74 Å². The molecular formula is C4H12NNaOS2. The van der Waals surface area contributed by atoms with Gasteiger partial charge in [0.1, 0.15) is 0 Å². The number of hydrogen-bond acceptors (Lipinski definition) is 3. The van der Waals surface area contributed by atoms with E-state index in [0.717, 1.165) is 0 Å². The van der Waals surface area contributed by atoms with E-state index in [-0.39, 0.29) is 43.2 Å². The molecule has 0 aliphatic heterocycles. The second-order valence-electron chi connectivity index (χ2n) is 1.43. The molecule has 3 N–H and O–H groups in total. The van der Waals surface area contributed by atoms with Crippen LogP contribution >= 0.6 is 24.8 Å². The Morgan fingerprint density at radius 2 is 2.00 bits per heavy atom. The first-order chi connectivity index (χ1) is 3.13. The first-order valence-electron chi connectivity index (χ1n) is 2.02. The van der Waals surface area contributed by atoms with Gasteiger partial charge in [-0.3, -0.25) is 0 Å². The van der Waals surface area contributed by atoms with Crippen LogP contribution in [0, 0.1) is 0 Å². The zero-order chi connectivity index (χ0) is 5.86. The summed E-state index contributed by atoms with van der Waals surface area (Å²) < 4.78 is 5.16. The Bertz CT molecular complexity index is 83.7. The molecule has 0 aliphatic carbocycles. The molecule has 0 saturated heterocycles. The Kier molecular flexibility index (Phi) is 17.0. The monoisotopic (exact) mass is 177 g/mol. The van der Waals surface area contributed by atoms with Crippen LogP contribution in [0.25, 0.3) is 0 Å². The minimum Gasteiger partial charge on any atom is -1.00 e. The molecule has 0 radical (unpaired) electrons. The van der Waals surface area contributed by atoms with Crippen molar-refractivity contribution in [2.75, 3.05) is 0 Å². The number of ether oxygens (including phenoxy) is 1. The van der Waals surface area contributed by atoms with Crippen molar-refractivity contribution in [3.63, 3.8) is 0 Å². The summed E-state index contributed by atoms with van der Waals surface area (Å²) >= 11 is 8.26. The first kappa shape index (κ1) is 16.7. The van der Waals surface area contributed by atoms with Crippen LogP contribution in [-0.4, -0.2) is 10.5 Å². The van der Waals surface area contributed by atoms with Crippen LogP contribution < -0.4 is 35.7 Å². The van der Waals surface area contributed by atoms with E-state index in [1.807, 2.05) is 13.8 Å². The van der Waals surface area contributed by atoms with Crippen molar-refractivity contribution < 1.29 is 35.7 Å². The Hall–Kier alpha value is 1.20. The zero-order valence-electron chi connectivity index (χ0n) is 7.05. The Morgan fingerprint density at radius 3 is 2.00 bits per heavy atom. The van der Waals surface area contributed by atoms with Gasteiger partial charge in [-0.05, 0) is 26.1 Å². The van der Waals surface area contributed by atoms with Crippen LogP contribution in [0.5, 0.6) is 0 Å². The molecule has 2 nitrogen and oxygen atoms in total. The largest absolute Gasteiger partial charge is 1.00 e. The van der Waals surface area contributed by atoms with Crippen molar-refractivity contribution in [2.24, 2.45) is 0 Å². The molecule has 0 aromatic heterocycles. The molecule has 0 aromatic carbocycles. The SMILES string of the molecule is CC(C)OC(=S)S.N.[H-].[Na+]. The van der Waals surface area contributed by atoms with E-state index in [1.54, 1.807) is 0 Å². The van der Waals surface area contributed by atoms with Crippen molar-refractivity contribution in [3.8, 4) is 0 Å². The first-order valence-corrected chi connectivity index (χ1v) is 2.88. The maximum atomic E-state index is 4.85. The Morgan fingerprint density at radius 1 is 1.67 bits per heavy atom. The molecule has 0 aliphatic rings. The number of rotatable bonds is 1. The zero-order valence-corrected chi connectivity index (χ0v) is 9.76. The molecule has 0 rings (SSSR count). The third-order valence-corrected chi connectivity index (χ3v) is 0.538. The van der Waals surface area contributed by atoms with Crippen molar-refractivity contribution in [1.29, 1.82) is 0 Å². The van der Waals surface area contributed by atoms with E-state index < -0.39 is 0 Å². The third kappa shape index (κ3) is 17.6. The minimum absolute atomic E-state index is 0. The van der Waals surface area contributed by atoms with Crippen LogP contribution in [0.3, 0.4) is 0 Å². The van der Waals surface area contributed by atoms with Gasteiger partial charge in [0, 0.05) is 0 Å². The number of thiocarbonyl (C=S) groups is 1. The summed E-state index contributed by atoms with van der Waals surface area (Å²) in [6.07, 6.45) is 0.157. The smallest absolute Gasteiger partial charge is 1.00 e. The topological polar surface area (TPSA) is 44.2 Å². The fourth-order valence-electron chi connectivity index (χ4n) is 0.202. The summed E-state index contributed by atoms with van der Waals surface area (Å²) in [6.45, 7) is 3.81. The summed E-state index contributed by atoms with van der Waals surface area (Å²) in [4.78, 5) is 0. The molecule has 0 heterocycles. The standard InChI is InChI=1S/C4H8OS2.H3N.Na.H/c1-3(2)5-4(6)7;;;/h3H,1-2H3,(H,6,7);1H3;;/q;;+1;-1. The summed E-state index contributed by atoms with van der Waals surface area (Å²) in [5.74, 6) is 0. The van der Waals surface area contributed by atoms with Crippen molar-refractivity contribution in [2.45, 2.75) is 20.0 Å². The predicted octanol–water partition coefficient (Wildman–Crippen LogP) is -1.10. The third-order valence-electron chi connectivity index (χ3n) is 0.337. The molecule has 5 heteroatoms. The summed E-state index contributed by atoms with van der Waals surface area (Å²) in [6, 6.07) is 0. The van der Waals surface area contributed by atoms with E-state index in [4.69, 9.17) is 4.74 Å². The van der Waals surface area contributed by atoms with E-state index >= 15 is 0 Å². The van der Waals surface area contributed by atoms with Crippen molar-refractivity contribution in [3.05, 3.63) is 0 Å². The van der Waals surface area contributed by atoms with E-state index in [2.05, 4.69) is 24.8 Å². The van der Waals surface area contributed by atoms with Gasteiger partial charge in [0.2, 0.25) is 4.38 Å². The van der Waals surface area contributed by atoms with Gasteiger partial charge in [-0.15, -0.1) is 0 Å². The van der Waals surface area contributed by atoms with Gasteiger partial charge in [0.15, 0.2) is 0 Å². The van der Waals surface area contributed by atoms with Gasteiger partial charge in [0.05, 0.1) is 6.10 Å². The van der Waals surface area contributed by atoms with Crippen LogP contribution in [0.1, 0.15) is 15.3 Å². The molecule has 0 unspecified atom stereocenters. The quantitative estimate of drug-likeness (QED) is 0.304. The number of hydrogen-bond donors (Lipinski definition) is 2. The second-order valence-corrected chi connectivity index (χ2v) is 2.51. The van der Waals surface area contributed by atoms with Crippen LogP contribution in [0.4, 0.5) is 0 Å². The molecule has 0 saturated carbocycles. The summed E-state index contributed by atoms with van der Waals surface area (Å²) in [5, 5.41) is 0. The van der Waals surface area contributed by atoms with Gasteiger partial charge in [0.25, 0.3) is 0 Å². The predicted molar refractivity (Wildman–Crippen MR) is 43.9 cm³/mol. The van der Waals surface area contributed by atoms with E-state index in [0.29, 0.717) is 4.38 Å². The van der Waals surface area contributed by atoms with Crippen molar-refractivity contribution >= 4 is 29.2 Å². The number of thiol groups is 1. The van der Waals surface area contributed by atoms with Gasteiger partial charge < -0.3 is 12.3 Å².